The van der Waals surface area contributed by atoms with E-state index in [2.05, 4.69) is 10.0 Å². The Morgan fingerprint density at radius 2 is 1.71 bits per heavy atom. The minimum Gasteiger partial charge on any atom is -0.495 e. The van der Waals surface area contributed by atoms with E-state index in [1.807, 2.05) is 0 Å². The topological polar surface area (TPSA) is 111 Å². The molecule has 2 rings (SSSR count). The summed E-state index contributed by atoms with van der Waals surface area (Å²) in [6, 6.07) is 10.8. The van der Waals surface area contributed by atoms with Gasteiger partial charge in [0.15, 0.2) is 6.61 Å². The maximum absolute atomic E-state index is 12.7. The molecule has 0 aliphatic heterocycles. The molecule has 0 saturated heterocycles. The van der Waals surface area contributed by atoms with Crippen molar-refractivity contribution in [2.24, 2.45) is 0 Å². The van der Waals surface area contributed by atoms with Gasteiger partial charge in [0, 0.05) is 17.1 Å². The number of methoxy groups -OCH3 is 1. The highest BCUT2D eigenvalue weighted by atomic mass is 35.5. The molecule has 0 aromatic heterocycles. The first kappa shape index (κ1) is 24.6. The number of benzene rings is 2. The van der Waals surface area contributed by atoms with Crippen LogP contribution in [0, 0.1) is 0 Å². The number of carbonyl (C=O) groups is 2. The fourth-order valence-electron chi connectivity index (χ4n) is 2.54. The second kappa shape index (κ2) is 10.1. The summed E-state index contributed by atoms with van der Waals surface area (Å²) in [5, 5.41) is 3.21. The fourth-order valence-corrected chi connectivity index (χ4v) is 4.28. The SMILES string of the molecule is COc1ccc(C(=O)OCC(=O)NCc2ccc(Cl)cc2)cc1S(=O)(=O)NC(C)(C)C. The molecule has 2 aromatic carbocycles. The van der Waals surface area contributed by atoms with Crippen molar-refractivity contribution in [3.05, 3.63) is 58.6 Å². The standard InChI is InChI=1S/C21H25ClN2O6S/c1-21(2,3)24-31(27,28)18-11-15(7-10-17(18)29-4)20(26)30-13-19(25)23-12-14-5-8-16(22)9-6-14/h5-11,24H,12-13H2,1-4H3,(H,23,25). The van der Waals surface area contributed by atoms with Gasteiger partial charge >= 0.3 is 5.97 Å². The number of hydrogen-bond donors (Lipinski definition) is 2. The average molecular weight is 469 g/mol. The first-order chi connectivity index (χ1) is 14.4. The van der Waals surface area contributed by atoms with Crippen LogP contribution in [0.15, 0.2) is 47.4 Å². The number of nitrogens with one attached hydrogen (secondary N) is 2. The molecule has 0 heterocycles. The van der Waals surface area contributed by atoms with Crippen LogP contribution < -0.4 is 14.8 Å². The molecule has 168 valence electrons. The van der Waals surface area contributed by atoms with Gasteiger partial charge in [-0.2, -0.15) is 0 Å². The zero-order valence-electron chi connectivity index (χ0n) is 17.7. The fraction of sp³-hybridized carbons (Fsp3) is 0.333. The highest BCUT2D eigenvalue weighted by Gasteiger charge is 2.26. The largest absolute Gasteiger partial charge is 0.495 e. The van der Waals surface area contributed by atoms with Crippen LogP contribution in [0.5, 0.6) is 5.75 Å². The van der Waals surface area contributed by atoms with Gasteiger partial charge in [-0.25, -0.2) is 17.9 Å². The van der Waals surface area contributed by atoms with Crippen LogP contribution in [0.3, 0.4) is 0 Å². The first-order valence-electron chi connectivity index (χ1n) is 9.31. The zero-order chi connectivity index (χ0) is 23.2. The van der Waals surface area contributed by atoms with Gasteiger partial charge in [0.1, 0.15) is 10.6 Å². The Labute approximate surface area is 186 Å². The van der Waals surface area contributed by atoms with Crippen LogP contribution in [0.25, 0.3) is 0 Å². The van der Waals surface area contributed by atoms with Gasteiger partial charge in [-0.3, -0.25) is 4.79 Å². The predicted molar refractivity (Wildman–Crippen MR) is 117 cm³/mol. The lowest BCUT2D eigenvalue weighted by atomic mass is 10.1. The molecule has 0 unspecified atom stereocenters. The van der Waals surface area contributed by atoms with Crippen molar-refractivity contribution in [2.75, 3.05) is 13.7 Å². The van der Waals surface area contributed by atoms with Crippen molar-refractivity contribution in [1.29, 1.82) is 0 Å². The molecule has 10 heteroatoms. The lowest BCUT2D eigenvalue weighted by Crippen LogP contribution is -2.40. The summed E-state index contributed by atoms with van der Waals surface area (Å²) < 4.78 is 38.0. The molecule has 0 aliphatic carbocycles. The molecule has 0 bridgehead atoms. The van der Waals surface area contributed by atoms with Gasteiger partial charge < -0.3 is 14.8 Å². The third-order valence-corrected chi connectivity index (χ3v) is 5.90. The van der Waals surface area contributed by atoms with Gasteiger partial charge in [-0.1, -0.05) is 23.7 Å². The molecular weight excluding hydrogens is 444 g/mol. The predicted octanol–water partition coefficient (Wildman–Crippen LogP) is 2.90. The maximum atomic E-state index is 12.7. The Morgan fingerprint density at radius 3 is 2.29 bits per heavy atom. The molecule has 0 spiro atoms. The van der Waals surface area contributed by atoms with Crippen molar-refractivity contribution in [2.45, 2.75) is 37.8 Å². The summed E-state index contributed by atoms with van der Waals surface area (Å²) in [6.07, 6.45) is 0. The van der Waals surface area contributed by atoms with Crippen molar-refractivity contribution < 1.29 is 27.5 Å². The van der Waals surface area contributed by atoms with Gasteiger partial charge in [-0.15, -0.1) is 0 Å². The highest BCUT2D eigenvalue weighted by Crippen LogP contribution is 2.26. The van der Waals surface area contributed by atoms with Crippen LogP contribution in [0.1, 0.15) is 36.7 Å². The molecule has 1 amide bonds. The lowest BCUT2D eigenvalue weighted by Gasteiger charge is -2.21. The zero-order valence-corrected chi connectivity index (χ0v) is 19.3. The molecule has 0 radical (unpaired) electrons. The Balaban J connectivity index is 2.04. The third-order valence-electron chi connectivity index (χ3n) is 3.87. The number of amides is 1. The van der Waals surface area contributed by atoms with E-state index in [-0.39, 0.29) is 22.8 Å². The Bertz CT molecular complexity index is 1050. The van der Waals surface area contributed by atoms with Crippen molar-refractivity contribution in [3.63, 3.8) is 0 Å². The van der Waals surface area contributed by atoms with E-state index in [0.717, 1.165) is 11.6 Å². The number of hydrogen-bond acceptors (Lipinski definition) is 6. The number of rotatable bonds is 8. The minimum absolute atomic E-state index is 0.0272. The van der Waals surface area contributed by atoms with Crippen molar-refractivity contribution >= 4 is 33.5 Å². The highest BCUT2D eigenvalue weighted by molar-refractivity contribution is 7.89. The quantitative estimate of drug-likeness (QED) is 0.576. The summed E-state index contributed by atoms with van der Waals surface area (Å²) in [5.74, 6) is -1.26. The summed E-state index contributed by atoms with van der Waals surface area (Å²) in [5.41, 5.74) is 0.0729. The van der Waals surface area contributed by atoms with Crippen LogP contribution >= 0.6 is 11.6 Å². The van der Waals surface area contributed by atoms with Gasteiger partial charge in [-0.05, 0) is 56.7 Å². The summed E-state index contributed by atoms with van der Waals surface area (Å²) >= 11 is 5.81. The molecule has 2 N–H and O–H groups in total. The van der Waals surface area contributed by atoms with Gasteiger partial charge in [0.05, 0.1) is 12.7 Å². The smallest absolute Gasteiger partial charge is 0.338 e. The molecule has 2 aromatic rings. The molecule has 8 nitrogen and oxygen atoms in total. The van der Waals surface area contributed by atoms with E-state index >= 15 is 0 Å². The van der Waals surface area contributed by atoms with Crippen molar-refractivity contribution in [1.82, 2.24) is 10.0 Å². The van der Waals surface area contributed by atoms with E-state index in [9.17, 15) is 18.0 Å². The number of halogens is 1. The van der Waals surface area contributed by atoms with Gasteiger partial charge in [0.2, 0.25) is 10.0 Å². The molecule has 31 heavy (non-hydrogen) atoms. The van der Waals surface area contributed by atoms with E-state index in [0.29, 0.717) is 5.02 Å². The van der Waals surface area contributed by atoms with Crippen LogP contribution in [0.2, 0.25) is 5.02 Å². The van der Waals surface area contributed by atoms with E-state index in [4.69, 9.17) is 21.1 Å². The van der Waals surface area contributed by atoms with E-state index < -0.39 is 34.0 Å². The molecule has 0 fully saturated rings. The summed E-state index contributed by atoms with van der Waals surface area (Å²) in [6.45, 7) is 4.81. The molecule has 0 saturated carbocycles. The molecule has 0 aliphatic rings. The first-order valence-corrected chi connectivity index (χ1v) is 11.2. The minimum atomic E-state index is -3.96. The normalized spacial score (nSPS) is 11.6. The molecule has 0 atom stereocenters. The van der Waals surface area contributed by atoms with Crippen LogP contribution in [-0.4, -0.2) is 39.5 Å². The third kappa shape index (κ3) is 7.54. The lowest BCUT2D eigenvalue weighted by molar-refractivity contribution is -0.124. The average Bonchev–Trinajstić information content (AvgIpc) is 2.69. The molecular formula is C21H25ClN2O6S. The summed E-state index contributed by atoms with van der Waals surface area (Å²) in [7, 11) is -2.63. The second-order valence-electron chi connectivity index (χ2n) is 7.70. The Kier molecular flexibility index (Phi) is 8.05. The van der Waals surface area contributed by atoms with Crippen LogP contribution in [0.4, 0.5) is 0 Å². The van der Waals surface area contributed by atoms with Crippen molar-refractivity contribution in [3.8, 4) is 5.75 Å². The summed E-state index contributed by atoms with van der Waals surface area (Å²) in [4.78, 5) is 24.1. The maximum Gasteiger partial charge on any atom is 0.338 e. The van der Waals surface area contributed by atoms with E-state index in [1.165, 1.54) is 19.2 Å². The number of sulfonamides is 1. The Morgan fingerprint density at radius 1 is 1.06 bits per heavy atom. The monoisotopic (exact) mass is 468 g/mol. The van der Waals surface area contributed by atoms with Crippen LogP contribution in [-0.2, 0) is 26.1 Å². The Hall–Kier alpha value is -2.62. The number of carbonyl (C=O) groups excluding carboxylic acids is 2. The second-order valence-corrected chi connectivity index (χ2v) is 9.79. The number of ether oxygens (including phenoxy) is 2. The van der Waals surface area contributed by atoms with Gasteiger partial charge in [0.25, 0.3) is 5.91 Å². The van der Waals surface area contributed by atoms with E-state index in [1.54, 1.807) is 45.0 Å². The number of esters is 1.